The van der Waals surface area contributed by atoms with Crippen molar-refractivity contribution in [3.63, 3.8) is 0 Å². The molecule has 5 nitrogen and oxygen atoms in total. The van der Waals surface area contributed by atoms with E-state index in [2.05, 4.69) is 28.5 Å². The lowest BCUT2D eigenvalue weighted by molar-refractivity contribution is -0.137. The third kappa shape index (κ3) is 7.51. The molecule has 0 atom stereocenters. The zero-order valence-corrected chi connectivity index (χ0v) is 18.0. The number of carboxylic acids is 1. The van der Waals surface area contributed by atoms with Crippen molar-refractivity contribution < 1.29 is 14.7 Å². The maximum absolute atomic E-state index is 12.3. The molecule has 3 aromatic rings. The number of carbonyl (C=O) groups is 2. The van der Waals surface area contributed by atoms with Gasteiger partial charge in [-0.15, -0.1) is 0 Å². The van der Waals surface area contributed by atoms with E-state index in [4.69, 9.17) is 5.11 Å². The quantitative estimate of drug-likeness (QED) is 0.382. The minimum atomic E-state index is -0.787. The van der Waals surface area contributed by atoms with Crippen LogP contribution in [0.3, 0.4) is 0 Å². The van der Waals surface area contributed by atoms with Crippen LogP contribution in [0.4, 0.5) is 5.69 Å². The highest BCUT2D eigenvalue weighted by molar-refractivity contribution is 5.91. The normalized spacial score (nSPS) is 11.2. The van der Waals surface area contributed by atoms with Gasteiger partial charge in [-0.05, 0) is 60.6 Å². The number of allylic oxidation sites excluding steroid dienone is 1. The van der Waals surface area contributed by atoms with E-state index in [0.717, 1.165) is 35.2 Å². The molecule has 0 saturated carbocycles. The molecule has 0 bridgehead atoms. The fourth-order valence-electron chi connectivity index (χ4n) is 3.48. The Morgan fingerprint density at radius 1 is 0.875 bits per heavy atom. The highest BCUT2D eigenvalue weighted by Crippen LogP contribution is 2.25. The van der Waals surface area contributed by atoms with E-state index in [1.165, 1.54) is 5.56 Å². The number of amides is 1. The number of nitrogens with zero attached hydrogens (tertiary/aromatic N) is 1. The lowest BCUT2D eigenvalue weighted by atomic mass is 9.97. The Labute approximate surface area is 188 Å². The number of carboxylic acid groups (broad SMARTS) is 1. The molecule has 0 saturated heterocycles. The van der Waals surface area contributed by atoms with Gasteiger partial charge in [0.05, 0.1) is 0 Å². The average molecular weight is 429 g/mol. The summed E-state index contributed by atoms with van der Waals surface area (Å²) in [6, 6.07) is 21.8. The van der Waals surface area contributed by atoms with Crippen molar-refractivity contribution >= 4 is 23.1 Å². The Hall–Kier alpha value is -3.73. The van der Waals surface area contributed by atoms with Crippen LogP contribution >= 0.6 is 0 Å². The summed E-state index contributed by atoms with van der Waals surface area (Å²) >= 11 is 0. The number of nitrogens with one attached hydrogen (secondary N) is 1. The van der Waals surface area contributed by atoms with E-state index in [1.54, 1.807) is 12.4 Å². The van der Waals surface area contributed by atoms with Crippen LogP contribution in [0.5, 0.6) is 0 Å². The fraction of sp³-hybridized carbons (Fsp3) is 0.222. The van der Waals surface area contributed by atoms with Crippen LogP contribution in [0.2, 0.25) is 0 Å². The molecule has 5 heteroatoms. The third-order valence-corrected chi connectivity index (χ3v) is 5.11. The van der Waals surface area contributed by atoms with E-state index in [-0.39, 0.29) is 12.3 Å². The number of hydrogen-bond acceptors (Lipinski definition) is 3. The first kappa shape index (κ1) is 22.9. The Morgan fingerprint density at radius 3 is 2.34 bits per heavy atom. The van der Waals surface area contributed by atoms with Crippen LogP contribution < -0.4 is 5.32 Å². The number of pyridine rings is 1. The molecule has 0 aliphatic rings. The summed E-state index contributed by atoms with van der Waals surface area (Å²) in [5.74, 6) is -0.782. The van der Waals surface area contributed by atoms with Crippen LogP contribution in [0.15, 0.2) is 85.2 Å². The number of aromatic nitrogens is 1. The van der Waals surface area contributed by atoms with Crippen molar-refractivity contribution in [3.05, 3.63) is 102 Å². The molecular formula is C27H28N2O3. The molecule has 2 N–H and O–H groups in total. The smallest absolute Gasteiger partial charge is 0.303 e. The maximum Gasteiger partial charge on any atom is 0.303 e. The van der Waals surface area contributed by atoms with Gasteiger partial charge in [-0.3, -0.25) is 14.6 Å². The zero-order chi connectivity index (χ0) is 22.6. The van der Waals surface area contributed by atoms with Gasteiger partial charge in [-0.25, -0.2) is 0 Å². The van der Waals surface area contributed by atoms with Crippen LogP contribution in [-0.4, -0.2) is 22.0 Å². The van der Waals surface area contributed by atoms with Gasteiger partial charge in [-0.2, -0.15) is 0 Å². The van der Waals surface area contributed by atoms with E-state index in [0.29, 0.717) is 19.3 Å². The summed E-state index contributed by atoms with van der Waals surface area (Å²) in [6.07, 6.45) is 9.12. The van der Waals surface area contributed by atoms with Gasteiger partial charge in [0, 0.05) is 36.5 Å². The number of unbranched alkanes of at least 4 members (excludes halogenated alkanes) is 1. The maximum atomic E-state index is 12.3. The number of benzene rings is 2. The molecule has 1 amide bonds. The lowest BCUT2D eigenvalue weighted by Crippen LogP contribution is -2.11. The SMILES string of the molecule is O=C(O)CCCC=C(c1ccc(NC(=O)CCCc2ccccc2)cc1)c1cccnc1. The van der Waals surface area contributed by atoms with Crippen LogP contribution in [0, 0.1) is 0 Å². The minimum Gasteiger partial charge on any atom is -0.481 e. The average Bonchev–Trinajstić information content (AvgIpc) is 2.81. The Bertz CT molecular complexity index is 1030. The first-order valence-electron chi connectivity index (χ1n) is 10.9. The molecule has 1 heterocycles. The molecule has 164 valence electrons. The van der Waals surface area contributed by atoms with Gasteiger partial charge in [0.15, 0.2) is 0 Å². The molecule has 1 aromatic heterocycles. The van der Waals surface area contributed by atoms with Crippen molar-refractivity contribution in [2.45, 2.75) is 38.5 Å². The number of aryl methyl sites for hydroxylation is 1. The predicted molar refractivity (Wildman–Crippen MR) is 127 cm³/mol. The highest BCUT2D eigenvalue weighted by Gasteiger charge is 2.07. The first-order chi connectivity index (χ1) is 15.6. The van der Waals surface area contributed by atoms with E-state index < -0.39 is 5.97 Å². The van der Waals surface area contributed by atoms with Crippen molar-refractivity contribution in [1.29, 1.82) is 0 Å². The van der Waals surface area contributed by atoms with Gasteiger partial charge in [0.1, 0.15) is 0 Å². The number of hydrogen-bond donors (Lipinski definition) is 2. The summed E-state index contributed by atoms with van der Waals surface area (Å²) in [6.45, 7) is 0. The van der Waals surface area contributed by atoms with Gasteiger partial charge in [-0.1, -0.05) is 54.6 Å². The molecule has 0 radical (unpaired) electrons. The number of anilines is 1. The summed E-state index contributed by atoms with van der Waals surface area (Å²) in [5, 5.41) is 11.8. The largest absolute Gasteiger partial charge is 0.481 e. The number of aliphatic carboxylic acids is 1. The van der Waals surface area contributed by atoms with Gasteiger partial charge in [0.25, 0.3) is 0 Å². The number of carbonyl (C=O) groups excluding carboxylic acids is 1. The van der Waals surface area contributed by atoms with E-state index in [9.17, 15) is 9.59 Å². The Balaban J connectivity index is 1.60. The molecular weight excluding hydrogens is 400 g/mol. The third-order valence-electron chi connectivity index (χ3n) is 5.11. The van der Waals surface area contributed by atoms with Gasteiger partial charge >= 0.3 is 5.97 Å². The second-order valence-corrected chi connectivity index (χ2v) is 7.61. The molecule has 0 aliphatic carbocycles. The monoisotopic (exact) mass is 428 g/mol. The summed E-state index contributed by atoms with van der Waals surface area (Å²) in [5.41, 5.74) is 4.97. The zero-order valence-electron chi connectivity index (χ0n) is 18.0. The summed E-state index contributed by atoms with van der Waals surface area (Å²) < 4.78 is 0. The van der Waals surface area contributed by atoms with Crippen molar-refractivity contribution in [2.24, 2.45) is 0 Å². The molecule has 32 heavy (non-hydrogen) atoms. The standard InChI is InChI=1S/C27H28N2O3/c30-26(13-6-10-21-8-2-1-3-9-21)29-24-17-15-22(16-18-24)25(12-4-5-14-27(31)32)23-11-7-19-28-20-23/h1-3,7-9,11-12,15-20H,4-6,10,13-14H2,(H,29,30)(H,31,32). The van der Waals surface area contributed by atoms with Crippen LogP contribution in [0.1, 0.15) is 48.8 Å². The fourth-order valence-corrected chi connectivity index (χ4v) is 3.48. The molecule has 3 rings (SSSR count). The second kappa shape index (κ2) is 12.2. The predicted octanol–water partition coefficient (Wildman–Crippen LogP) is 5.73. The van der Waals surface area contributed by atoms with E-state index in [1.807, 2.05) is 54.6 Å². The van der Waals surface area contributed by atoms with Gasteiger partial charge < -0.3 is 10.4 Å². The van der Waals surface area contributed by atoms with Crippen molar-refractivity contribution in [3.8, 4) is 0 Å². The summed E-state index contributed by atoms with van der Waals surface area (Å²) in [7, 11) is 0. The minimum absolute atomic E-state index is 0.00498. The molecule has 0 aliphatic heterocycles. The first-order valence-corrected chi connectivity index (χ1v) is 10.9. The van der Waals surface area contributed by atoms with Crippen molar-refractivity contribution in [2.75, 3.05) is 5.32 Å². The second-order valence-electron chi connectivity index (χ2n) is 7.61. The van der Waals surface area contributed by atoms with Gasteiger partial charge in [0.2, 0.25) is 5.91 Å². The van der Waals surface area contributed by atoms with Crippen LogP contribution in [-0.2, 0) is 16.0 Å². The van der Waals surface area contributed by atoms with Crippen molar-refractivity contribution in [1.82, 2.24) is 4.98 Å². The topological polar surface area (TPSA) is 79.3 Å². The molecule has 0 unspecified atom stereocenters. The molecule has 0 fully saturated rings. The Morgan fingerprint density at radius 2 is 1.66 bits per heavy atom. The Kier molecular flexibility index (Phi) is 8.75. The van der Waals surface area contributed by atoms with Crippen LogP contribution in [0.25, 0.3) is 5.57 Å². The lowest BCUT2D eigenvalue weighted by Gasteiger charge is -2.11. The van der Waals surface area contributed by atoms with E-state index >= 15 is 0 Å². The molecule has 0 spiro atoms. The summed E-state index contributed by atoms with van der Waals surface area (Å²) in [4.78, 5) is 27.3. The molecule has 2 aromatic carbocycles. The highest BCUT2D eigenvalue weighted by atomic mass is 16.4. The number of rotatable bonds is 11.